The van der Waals surface area contributed by atoms with Crippen LogP contribution in [0.4, 0.5) is 5.88 Å². The molecule has 3 heterocycles. The number of carbonyl (C=O) groups is 1. The van der Waals surface area contributed by atoms with Crippen LogP contribution in [0.15, 0.2) is 61.9 Å². The average Bonchev–Trinajstić information content (AvgIpc) is 3.48. The SMILES string of the molecule is CCCC1=C(C(=O)OCC)[C@@H](c2ccc(C(C)C)cc2)n2c(s/c(=C\c3ccc(N(CC)CC)o3)c2=O)=N1. The highest BCUT2D eigenvalue weighted by Crippen LogP contribution is 2.33. The smallest absolute Gasteiger partial charge is 0.338 e. The molecule has 38 heavy (non-hydrogen) atoms. The maximum atomic E-state index is 13.9. The molecule has 1 aliphatic rings. The Morgan fingerprint density at radius 1 is 1.13 bits per heavy atom. The lowest BCUT2D eigenvalue weighted by molar-refractivity contribution is -0.139. The second-order valence-corrected chi connectivity index (χ2v) is 10.6. The van der Waals surface area contributed by atoms with E-state index >= 15 is 0 Å². The molecule has 1 aromatic carbocycles. The molecule has 1 atom stereocenters. The third-order valence-electron chi connectivity index (χ3n) is 6.77. The predicted molar refractivity (Wildman–Crippen MR) is 152 cm³/mol. The van der Waals surface area contributed by atoms with E-state index < -0.39 is 12.0 Å². The van der Waals surface area contributed by atoms with Gasteiger partial charge < -0.3 is 14.1 Å². The van der Waals surface area contributed by atoms with E-state index in [-0.39, 0.29) is 12.2 Å². The van der Waals surface area contributed by atoms with Crippen molar-refractivity contribution in [1.82, 2.24) is 4.57 Å². The fourth-order valence-electron chi connectivity index (χ4n) is 4.75. The van der Waals surface area contributed by atoms with Gasteiger partial charge in [0.1, 0.15) is 5.76 Å². The number of thiazole rings is 1. The van der Waals surface area contributed by atoms with Crippen molar-refractivity contribution in [2.75, 3.05) is 24.6 Å². The Kier molecular flexibility index (Phi) is 8.72. The van der Waals surface area contributed by atoms with Gasteiger partial charge in [-0.1, -0.05) is 62.8 Å². The summed E-state index contributed by atoms with van der Waals surface area (Å²) in [6.45, 7) is 14.2. The molecule has 0 unspecified atom stereocenters. The van der Waals surface area contributed by atoms with Gasteiger partial charge in [-0.05, 0) is 50.3 Å². The van der Waals surface area contributed by atoms with Crippen molar-refractivity contribution in [2.45, 2.75) is 66.3 Å². The minimum absolute atomic E-state index is 0.204. The molecule has 0 fully saturated rings. The largest absolute Gasteiger partial charge is 0.463 e. The monoisotopic (exact) mass is 535 g/mol. The summed E-state index contributed by atoms with van der Waals surface area (Å²) in [4.78, 5) is 34.7. The van der Waals surface area contributed by atoms with E-state index in [1.807, 2.05) is 24.3 Å². The van der Waals surface area contributed by atoms with Crippen LogP contribution in [0.25, 0.3) is 6.08 Å². The first-order valence-corrected chi connectivity index (χ1v) is 14.3. The van der Waals surface area contributed by atoms with Crippen LogP contribution in [0.5, 0.6) is 0 Å². The number of aromatic nitrogens is 1. The summed E-state index contributed by atoms with van der Waals surface area (Å²) in [5.41, 5.74) is 2.96. The van der Waals surface area contributed by atoms with E-state index in [1.54, 1.807) is 17.6 Å². The van der Waals surface area contributed by atoms with Crippen molar-refractivity contribution in [3.8, 4) is 0 Å². The van der Waals surface area contributed by atoms with E-state index in [9.17, 15) is 9.59 Å². The molecule has 0 spiro atoms. The molecule has 0 aliphatic carbocycles. The Bertz CT molecular complexity index is 1490. The Labute approximate surface area is 227 Å². The quantitative estimate of drug-likeness (QED) is 0.336. The van der Waals surface area contributed by atoms with Gasteiger partial charge in [-0.25, -0.2) is 9.79 Å². The molecule has 7 nitrogen and oxygen atoms in total. The highest BCUT2D eigenvalue weighted by atomic mass is 32.1. The summed E-state index contributed by atoms with van der Waals surface area (Å²) in [5.74, 6) is 1.32. The Hall–Kier alpha value is -3.39. The van der Waals surface area contributed by atoms with Gasteiger partial charge in [0.05, 0.1) is 28.5 Å². The maximum Gasteiger partial charge on any atom is 0.338 e. The Morgan fingerprint density at radius 2 is 1.84 bits per heavy atom. The summed E-state index contributed by atoms with van der Waals surface area (Å²) < 4.78 is 13.7. The molecule has 0 N–H and O–H groups in total. The van der Waals surface area contributed by atoms with Gasteiger partial charge in [0.25, 0.3) is 5.56 Å². The molecule has 0 bridgehead atoms. The molecule has 2 aromatic heterocycles. The lowest BCUT2D eigenvalue weighted by Crippen LogP contribution is -2.40. The topological polar surface area (TPSA) is 77.0 Å². The third kappa shape index (κ3) is 5.41. The number of allylic oxidation sites excluding steroid dienone is 1. The number of furan rings is 1. The molecule has 0 radical (unpaired) electrons. The van der Waals surface area contributed by atoms with Crippen molar-refractivity contribution in [2.24, 2.45) is 4.99 Å². The lowest BCUT2D eigenvalue weighted by Gasteiger charge is -2.26. The second-order valence-electron chi connectivity index (χ2n) is 9.58. The van der Waals surface area contributed by atoms with Gasteiger partial charge in [-0.3, -0.25) is 9.36 Å². The van der Waals surface area contributed by atoms with Gasteiger partial charge >= 0.3 is 5.97 Å². The molecule has 4 rings (SSSR count). The second kappa shape index (κ2) is 12.0. The fourth-order valence-corrected chi connectivity index (χ4v) is 5.75. The van der Waals surface area contributed by atoms with Gasteiger partial charge in [0.15, 0.2) is 10.7 Å². The number of rotatable bonds is 10. The molecule has 1 aliphatic heterocycles. The molecular formula is C30H37N3O4S. The number of benzene rings is 1. The Morgan fingerprint density at radius 3 is 2.45 bits per heavy atom. The van der Waals surface area contributed by atoms with E-state index in [4.69, 9.17) is 14.1 Å². The molecule has 0 saturated carbocycles. The van der Waals surface area contributed by atoms with Crippen LogP contribution in [0.1, 0.15) is 83.2 Å². The van der Waals surface area contributed by atoms with Crippen LogP contribution >= 0.6 is 11.3 Å². The first-order chi connectivity index (χ1) is 18.3. The number of anilines is 1. The summed E-state index contributed by atoms with van der Waals surface area (Å²) in [6, 6.07) is 11.3. The number of carbonyl (C=O) groups excluding carboxylic acids is 1. The zero-order valence-corrected chi connectivity index (χ0v) is 23.9. The number of hydrogen-bond donors (Lipinski definition) is 0. The van der Waals surface area contributed by atoms with E-state index in [1.165, 1.54) is 16.9 Å². The van der Waals surface area contributed by atoms with Gasteiger partial charge in [-0.2, -0.15) is 0 Å². The first kappa shape index (κ1) is 27.6. The highest BCUT2D eigenvalue weighted by molar-refractivity contribution is 7.07. The van der Waals surface area contributed by atoms with Crippen LogP contribution < -0.4 is 19.8 Å². The van der Waals surface area contributed by atoms with Crippen molar-refractivity contribution >= 4 is 29.3 Å². The first-order valence-electron chi connectivity index (χ1n) is 13.5. The minimum atomic E-state index is -0.613. The zero-order chi connectivity index (χ0) is 27.4. The van der Waals surface area contributed by atoms with Crippen molar-refractivity contribution in [3.05, 3.63) is 84.2 Å². The number of fused-ring (bicyclic) bond motifs is 1. The molecule has 8 heteroatoms. The summed E-state index contributed by atoms with van der Waals surface area (Å²) in [6.07, 6.45) is 3.20. The predicted octanol–water partition coefficient (Wildman–Crippen LogP) is 5.14. The average molecular weight is 536 g/mol. The van der Waals surface area contributed by atoms with Crippen molar-refractivity contribution < 1.29 is 13.9 Å². The van der Waals surface area contributed by atoms with E-state index in [0.29, 0.717) is 38.7 Å². The summed E-state index contributed by atoms with van der Waals surface area (Å²) >= 11 is 1.32. The number of esters is 1. The number of hydrogen-bond acceptors (Lipinski definition) is 7. The normalized spacial score (nSPS) is 15.6. The Balaban J connectivity index is 1.91. The number of nitrogens with zero attached hydrogens (tertiary/aromatic N) is 3. The summed E-state index contributed by atoms with van der Waals surface area (Å²) in [5, 5.41) is 0. The standard InChI is InChI=1S/C30H37N3O4S/c1-7-11-23-26(29(35)36-10-4)27(21-14-12-20(13-15-21)19(5)6)33-28(34)24(38-30(33)31-23)18-22-16-17-25(37-22)32(8-2)9-3/h12-19,27H,7-11H2,1-6H3/b24-18-/t27-/m1/s1. The van der Waals surface area contributed by atoms with Gasteiger partial charge in [0, 0.05) is 25.2 Å². The van der Waals surface area contributed by atoms with Crippen LogP contribution in [0.2, 0.25) is 0 Å². The van der Waals surface area contributed by atoms with E-state index in [0.717, 1.165) is 31.0 Å². The van der Waals surface area contributed by atoms with Crippen LogP contribution in [0, 0.1) is 0 Å². The van der Waals surface area contributed by atoms with Gasteiger partial charge in [0.2, 0.25) is 0 Å². The van der Waals surface area contributed by atoms with Crippen LogP contribution in [-0.4, -0.2) is 30.2 Å². The highest BCUT2D eigenvalue weighted by Gasteiger charge is 2.34. The minimum Gasteiger partial charge on any atom is -0.463 e. The zero-order valence-electron chi connectivity index (χ0n) is 23.1. The molecular weight excluding hydrogens is 498 g/mol. The fraction of sp³-hybridized carbons (Fsp3) is 0.433. The van der Waals surface area contributed by atoms with Crippen LogP contribution in [-0.2, 0) is 9.53 Å². The molecule has 0 amide bonds. The molecule has 202 valence electrons. The number of ether oxygens (including phenoxy) is 1. The lowest BCUT2D eigenvalue weighted by atomic mass is 9.92. The van der Waals surface area contributed by atoms with Crippen LogP contribution in [0.3, 0.4) is 0 Å². The van der Waals surface area contributed by atoms with Crippen molar-refractivity contribution in [1.29, 1.82) is 0 Å². The maximum absolute atomic E-state index is 13.9. The van der Waals surface area contributed by atoms with E-state index in [2.05, 4.69) is 51.7 Å². The van der Waals surface area contributed by atoms with Gasteiger partial charge in [-0.15, -0.1) is 0 Å². The third-order valence-corrected chi connectivity index (χ3v) is 7.76. The summed E-state index contributed by atoms with van der Waals surface area (Å²) in [7, 11) is 0. The molecule has 0 saturated heterocycles. The van der Waals surface area contributed by atoms with Crippen molar-refractivity contribution in [3.63, 3.8) is 0 Å². The molecule has 3 aromatic rings.